The van der Waals surface area contributed by atoms with E-state index in [1.54, 1.807) is 7.05 Å². The number of likely N-dealkylation sites (N-methyl/N-ethyl adjacent to an activating group) is 1. The summed E-state index contributed by atoms with van der Waals surface area (Å²) in [6, 6.07) is -1.07. The molecule has 11 nitrogen and oxygen atoms in total. The predicted molar refractivity (Wildman–Crippen MR) is 121 cm³/mol. The van der Waals surface area contributed by atoms with Crippen LogP contribution in [0.15, 0.2) is 4.99 Å². The van der Waals surface area contributed by atoms with Crippen molar-refractivity contribution in [1.82, 2.24) is 26.8 Å². The van der Waals surface area contributed by atoms with Crippen molar-refractivity contribution >= 4 is 23.8 Å². The Morgan fingerprint density at radius 2 is 1.73 bits per heavy atom. The van der Waals surface area contributed by atoms with Gasteiger partial charge in [0.25, 0.3) is 0 Å². The normalized spacial score (nSPS) is 13.6. The smallest absolute Gasteiger partial charge is 0.185 e. The number of hydrogen-bond donors (Lipinski definition) is 7. The maximum Gasteiger partial charge on any atom is 0.185 e. The first-order chi connectivity index (χ1) is 13.8. The molecular weight excluding hydrogens is 388 g/mol. The number of aldehydes is 1. The lowest BCUT2D eigenvalue weighted by Crippen LogP contribution is -2.48. The predicted octanol–water partition coefficient (Wildman–Crippen LogP) is -1.96. The molecule has 0 aliphatic rings. The van der Waals surface area contributed by atoms with E-state index < -0.39 is 6.04 Å². The van der Waals surface area contributed by atoms with E-state index in [0.29, 0.717) is 38.8 Å². The van der Waals surface area contributed by atoms with Crippen molar-refractivity contribution in [2.75, 3.05) is 40.3 Å². The molecular formula is C19H42N8O3. The molecule has 9 N–H and O–H groups in total. The highest BCUT2D eigenvalue weighted by Gasteiger charge is 2.19. The molecule has 0 unspecified atom stereocenters. The highest BCUT2D eigenvalue weighted by molar-refractivity contribution is 5.87. The Kier molecular flexibility index (Phi) is 19.2. The Balaban J connectivity index is 0. The molecule has 0 aliphatic heterocycles. The van der Waals surface area contributed by atoms with E-state index in [1.807, 2.05) is 7.05 Å². The quantitative estimate of drug-likeness (QED) is 0.0400. The summed E-state index contributed by atoms with van der Waals surface area (Å²) in [6.07, 6.45) is 3.21. The van der Waals surface area contributed by atoms with Gasteiger partial charge in [-0.3, -0.25) is 20.0 Å². The van der Waals surface area contributed by atoms with Crippen LogP contribution in [-0.2, 0) is 14.4 Å². The van der Waals surface area contributed by atoms with Gasteiger partial charge in [-0.1, -0.05) is 7.43 Å². The highest BCUT2D eigenvalue weighted by atomic mass is 16.1. The van der Waals surface area contributed by atoms with Crippen molar-refractivity contribution in [3.8, 4) is 0 Å². The third-order valence-corrected chi connectivity index (χ3v) is 4.41. The summed E-state index contributed by atoms with van der Waals surface area (Å²) in [4.78, 5) is 39.1. The zero-order valence-electron chi connectivity index (χ0n) is 17.8. The number of aliphatic imine (C=N–C) groups is 1. The molecule has 0 amide bonds. The van der Waals surface area contributed by atoms with Crippen LogP contribution in [0.1, 0.15) is 40.0 Å². The number of nitrogens with zero attached hydrogens (tertiary/aromatic N) is 1. The number of nitrogens with one attached hydrogen (secondary N) is 5. The number of hydrogen-bond acceptors (Lipinski definition) is 9. The number of carbonyl (C=O) groups is 3. The maximum atomic E-state index is 12.3. The number of guanidine groups is 1. The van der Waals surface area contributed by atoms with Crippen LogP contribution in [-0.4, -0.2) is 82.2 Å². The highest BCUT2D eigenvalue weighted by Crippen LogP contribution is 1.97. The van der Waals surface area contributed by atoms with Crippen LogP contribution in [0.2, 0.25) is 0 Å². The second kappa shape index (κ2) is 19.1. The van der Waals surface area contributed by atoms with Gasteiger partial charge in [0.1, 0.15) is 12.1 Å². The number of ketones is 2. The van der Waals surface area contributed by atoms with Gasteiger partial charge in [0.2, 0.25) is 0 Å². The van der Waals surface area contributed by atoms with E-state index in [9.17, 15) is 14.4 Å². The molecule has 0 aromatic carbocycles. The zero-order valence-corrected chi connectivity index (χ0v) is 17.8. The summed E-state index contributed by atoms with van der Waals surface area (Å²) in [5, 5.41) is 9.04. The van der Waals surface area contributed by atoms with Crippen LogP contribution in [0, 0.1) is 0 Å². The summed E-state index contributed by atoms with van der Waals surface area (Å²) in [7, 11) is 3.58. The second-order valence-electron chi connectivity index (χ2n) is 6.80. The lowest BCUT2D eigenvalue weighted by atomic mass is 10.1. The summed E-state index contributed by atoms with van der Waals surface area (Å²) in [5.74, 6) is 0.00458. The van der Waals surface area contributed by atoms with Crippen molar-refractivity contribution in [2.45, 2.75) is 58.2 Å². The van der Waals surface area contributed by atoms with Crippen molar-refractivity contribution in [3.05, 3.63) is 0 Å². The zero-order chi connectivity index (χ0) is 22.1. The van der Waals surface area contributed by atoms with Gasteiger partial charge in [0.05, 0.1) is 24.7 Å². The SMILES string of the molecule is C.CNCC[C@H](NC)C(=O)CN[C@@H](CCNN[C@H](C=O)CCCN=C(N)N)C(C)=O. The third kappa shape index (κ3) is 15.0. The lowest BCUT2D eigenvalue weighted by molar-refractivity contribution is -0.121. The van der Waals surface area contributed by atoms with Crippen LogP contribution in [0.4, 0.5) is 0 Å². The van der Waals surface area contributed by atoms with Crippen LogP contribution in [0.25, 0.3) is 0 Å². The Hall–Kier alpha value is -1.92. The molecule has 0 saturated carbocycles. The topological polar surface area (TPSA) is 176 Å². The molecule has 0 heterocycles. The minimum absolute atomic E-state index is 0. The van der Waals surface area contributed by atoms with Gasteiger partial charge < -0.3 is 32.2 Å². The number of carbonyl (C=O) groups excluding carboxylic acids is 3. The Morgan fingerprint density at radius 1 is 1.07 bits per heavy atom. The molecule has 0 spiro atoms. The van der Waals surface area contributed by atoms with Crippen LogP contribution < -0.4 is 38.3 Å². The van der Waals surface area contributed by atoms with E-state index in [1.165, 1.54) is 6.92 Å². The number of rotatable bonds is 19. The summed E-state index contributed by atoms with van der Waals surface area (Å²) in [6.45, 7) is 3.25. The minimum atomic E-state index is -0.438. The molecule has 0 aromatic heterocycles. The fourth-order valence-corrected chi connectivity index (χ4v) is 2.66. The summed E-state index contributed by atoms with van der Waals surface area (Å²) in [5.41, 5.74) is 16.4. The Morgan fingerprint density at radius 3 is 2.27 bits per heavy atom. The number of Topliss-reactive ketones (excluding diaryl/α,β-unsaturated/α-hetero) is 2. The lowest BCUT2D eigenvalue weighted by Gasteiger charge is -2.20. The van der Waals surface area contributed by atoms with Crippen molar-refractivity contribution in [2.24, 2.45) is 16.5 Å². The third-order valence-electron chi connectivity index (χ3n) is 4.41. The molecule has 3 atom stereocenters. The first-order valence-corrected chi connectivity index (χ1v) is 9.93. The van der Waals surface area contributed by atoms with Crippen molar-refractivity contribution in [3.63, 3.8) is 0 Å². The van der Waals surface area contributed by atoms with Crippen LogP contribution >= 0.6 is 0 Å². The molecule has 0 rings (SSSR count). The number of nitrogens with two attached hydrogens (primary N) is 2. The Labute approximate surface area is 180 Å². The molecule has 0 aromatic rings. The number of hydrazine groups is 1. The fraction of sp³-hybridized carbons (Fsp3) is 0.789. The standard InChI is InChI=1S/C18H38N8O3.CH4/c1-13(28)15(24-11-17(29)16(22-3)6-9-21-2)7-10-25-26-14(12-27)5-4-8-23-18(19)20;/h12,14-16,21-22,24-26H,4-11H2,1-3H3,(H4,19,20,23);1H4/t14-,15-,16-;/m0./s1. The van der Waals surface area contributed by atoms with Gasteiger partial charge in [-0.2, -0.15) is 0 Å². The molecule has 0 radical (unpaired) electrons. The van der Waals surface area contributed by atoms with Gasteiger partial charge in [-0.15, -0.1) is 0 Å². The van der Waals surface area contributed by atoms with Gasteiger partial charge >= 0.3 is 0 Å². The largest absolute Gasteiger partial charge is 0.370 e. The van der Waals surface area contributed by atoms with Gasteiger partial charge in [0, 0.05) is 13.1 Å². The molecule has 30 heavy (non-hydrogen) atoms. The minimum Gasteiger partial charge on any atom is -0.370 e. The molecule has 0 saturated heterocycles. The molecule has 0 aliphatic carbocycles. The molecule has 176 valence electrons. The van der Waals surface area contributed by atoms with Gasteiger partial charge in [-0.25, -0.2) is 5.43 Å². The van der Waals surface area contributed by atoms with Gasteiger partial charge in [0.15, 0.2) is 11.7 Å². The van der Waals surface area contributed by atoms with E-state index in [-0.39, 0.29) is 43.6 Å². The fourth-order valence-electron chi connectivity index (χ4n) is 2.66. The van der Waals surface area contributed by atoms with Crippen LogP contribution in [0.5, 0.6) is 0 Å². The average Bonchev–Trinajstić information content (AvgIpc) is 2.68. The summed E-state index contributed by atoms with van der Waals surface area (Å²) >= 11 is 0. The summed E-state index contributed by atoms with van der Waals surface area (Å²) < 4.78 is 0. The monoisotopic (exact) mass is 430 g/mol. The molecule has 0 bridgehead atoms. The average molecular weight is 431 g/mol. The van der Waals surface area contributed by atoms with Crippen molar-refractivity contribution in [1.29, 1.82) is 0 Å². The Bertz CT molecular complexity index is 512. The van der Waals surface area contributed by atoms with Crippen molar-refractivity contribution < 1.29 is 14.4 Å². The van der Waals surface area contributed by atoms with E-state index >= 15 is 0 Å². The second-order valence-corrected chi connectivity index (χ2v) is 6.80. The van der Waals surface area contributed by atoms with E-state index in [0.717, 1.165) is 12.8 Å². The van der Waals surface area contributed by atoms with E-state index in [2.05, 4.69) is 31.8 Å². The first kappa shape index (κ1) is 30.3. The van der Waals surface area contributed by atoms with Gasteiger partial charge in [-0.05, 0) is 53.2 Å². The van der Waals surface area contributed by atoms with E-state index in [4.69, 9.17) is 11.5 Å². The van der Waals surface area contributed by atoms with Crippen LogP contribution in [0.3, 0.4) is 0 Å². The maximum absolute atomic E-state index is 12.3. The molecule has 11 heteroatoms. The molecule has 0 fully saturated rings. The first-order valence-electron chi connectivity index (χ1n) is 9.93.